The number of hydrogen-bond donors (Lipinski definition) is 0. The number of amides is 2. The van der Waals surface area contributed by atoms with E-state index in [0.29, 0.717) is 6.54 Å². The van der Waals surface area contributed by atoms with Crippen molar-refractivity contribution in [1.82, 2.24) is 14.8 Å². The Hall–Kier alpha value is -2.73. The average molecular weight is 450 g/mol. The van der Waals surface area contributed by atoms with Gasteiger partial charge in [-0.3, -0.25) is 14.6 Å². The van der Waals surface area contributed by atoms with Crippen molar-refractivity contribution < 1.29 is 9.59 Å². The lowest BCUT2D eigenvalue weighted by Gasteiger charge is -2.29. The first-order valence-electron chi connectivity index (χ1n) is 11.5. The monoisotopic (exact) mass is 449 g/mol. The van der Waals surface area contributed by atoms with Crippen LogP contribution in [0.3, 0.4) is 0 Å². The van der Waals surface area contributed by atoms with Gasteiger partial charge in [-0.1, -0.05) is 37.1 Å². The summed E-state index contributed by atoms with van der Waals surface area (Å²) in [6, 6.07) is 14.3. The molecule has 0 bridgehead atoms. The Labute approximate surface area is 194 Å². The van der Waals surface area contributed by atoms with Crippen molar-refractivity contribution in [3.05, 3.63) is 64.8 Å². The second kappa shape index (κ2) is 10.3. The zero-order chi connectivity index (χ0) is 22.5. The molecule has 1 unspecified atom stereocenters. The first kappa shape index (κ1) is 22.5. The number of fused-ring (bicyclic) bond motifs is 1. The van der Waals surface area contributed by atoms with Crippen LogP contribution in [-0.2, 0) is 17.6 Å². The van der Waals surface area contributed by atoms with Crippen molar-refractivity contribution in [2.24, 2.45) is 0 Å². The van der Waals surface area contributed by atoms with E-state index in [0.717, 1.165) is 71.3 Å². The maximum Gasteiger partial charge on any atom is 0.264 e. The zero-order valence-corrected chi connectivity index (χ0v) is 19.7. The van der Waals surface area contributed by atoms with Crippen molar-refractivity contribution in [1.29, 1.82) is 0 Å². The van der Waals surface area contributed by atoms with E-state index < -0.39 is 0 Å². The van der Waals surface area contributed by atoms with Gasteiger partial charge >= 0.3 is 0 Å². The first-order chi connectivity index (χ1) is 15.5. The highest BCUT2D eigenvalue weighted by atomic mass is 32.1. The fourth-order valence-electron chi connectivity index (χ4n) is 4.62. The molecule has 2 amide bonds. The largest absolute Gasteiger partial charge is 0.341 e. The smallest absolute Gasteiger partial charge is 0.264 e. The van der Waals surface area contributed by atoms with Gasteiger partial charge in [-0.25, -0.2) is 0 Å². The number of hydrogen-bond acceptors (Lipinski definition) is 4. The number of likely N-dealkylation sites (N-methyl/N-ethyl adjacent to an activating group) is 1. The standard InChI is InChI=1S/C26H31N3O2S/c1-19(30)29-16-9-3-4-11-21(29)18-23-22-12-5-6-13-24(22)32-25(23)26(31)28(2)17-14-20-10-7-8-15-27-20/h5-8,10,12-13,15,21H,3-4,9,11,14,16-18H2,1-2H3. The Morgan fingerprint density at radius 2 is 1.94 bits per heavy atom. The quantitative estimate of drug-likeness (QED) is 0.535. The predicted molar refractivity (Wildman–Crippen MR) is 130 cm³/mol. The molecule has 4 rings (SSSR count). The summed E-state index contributed by atoms with van der Waals surface area (Å²) in [7, 11) is 1.87. The highest BCUT2D eigenvalue weighted by Crippen LogP contribution is 2.35. The SMILES string of the molecule is CC(=O)N1CCCCCC1Cc1c(C(=O)N(C)CCc2ccccn2)sc2ccccc12. The number of carbonyl (C=O) groups excluding carboxylic acids is 2. The Morgan fingerprint density at radius 1 is 1.12 bits per heavy atom. The molecule has 1 atom stereocenters. The number of nitrogens with zero attached hydrogens (tertiary/aromatic N) is 3. The number of carbonyl (C=O) groups is 2. The highest BCUT2D eigenvalue weighted by molar-refractivity contribution is 7.21. The maximum absolute atomic E-state index is 13.5. The highest BCUT2D eigenvalue weighted by Gasteiger charge is 2.28. The van der Waals surface area contributed by atoms with E-state index in [-0.39, 0.29) is 17.9 Å². The van der Waals surface area contributed by atoms with E-state index in [1.54, 1.807) is 29.4 Å². The van der Waals surface area contributed by atoms with Gasteiger partial charge in [-0.15, -0.1) is 11.3 Å². The van der Waals surface area contributed by atoms with Gasteiger partial charge in [0, 0.05) is 56.1 Å². The fraction of sp³-hybridized carbons (Fsp3) is 0.423. The van der Waals surface area contributed by atoms with Crippen LogP contribution in [0, 0.1) is 0 Å². The summed E-state index contributed by atoms with van der Waals surface area (Å²) in [5.41, 5.74) is 2.08. The minimum Gasteiger partial charge on any atom is -0.341 e. The molecule has 0 N–H and O–H groups in total. The summed E-state index contributed by atoms with van der Waals surface area (Å²) >= 11 is 1.58. The lowest BCUT2D eigenvalue weighted by atomic mass is 9.97. The van der Waals surface area contributed by atoms with Crippen LogP contribution < -0.4 is 0 Å². The molecule has 3 aromatic rings. The minimum atomic E-state index is 0.0557. The Balaban J connectivity index is 1.60. The van der Waals surface area contributed by atoms with Gasteiger partial charge in [0.05, 0.1) is 4.88 Å². The topological polar surface area (TPSA) is 53.5 Å². The molecule has 2 aromatic heterocycles. The summed E-state index contributed by atoms with van der Waals surface area (Å²) in [5.74, 6) is 0.192. The molecule has 0 aliphatic carbocycles. The van der Waals surface area contributed by atoms with Gasteiger partial charge in [0.1, 0.15) is 0 Å². The van der Waals surface area contributed by atoms with E-state index in [1.165, 1.54) is 0 Å². The third-order valence-electron chi connectivity index (χ3n) is 6.39. The Bertz CT molecular complexity index is 1080. The molecule has 168 valence electrons. The van der Waals surface area contributed by atoms with Crippen molar-refractivity contribution in [2.45, 2.75) is 51.5 Å². The van der Waals surface area contributed by atoms with E-state index in [4.69, 9.17) is 0 Å². The lowest BCUT2D eigenvalue weighted by molar-refractivity contribution is -0.131. The molecule has 32 heavy (non-hydrogen) atoms. The second-order valence-electron chi connectivity index (χ2n) is 8.62. The van der Waals surface area contributed by atoms with E-state index in [9.17, 15) is 9.59 Å². The number of likely N-dealkylation sites (tertiary alicyclic amines) is 1. The molecule has 0 radical (unpaired) electrons. The number of aromatic nitrogens is 1. The summed E-state index contributed by atoms with van der Waals surface area (Å²) in [6.07, 6.45) is 7.59. The molecule has 0 saturated carbocycles. The average Bonchev–Trinajstić information content (AvgIpc) is 2.99. The van der Waals surface area contributed by atoms with Crippen LogP contribution in [-0.4, -0.2) is 52.8 Å². The molecular formula is C26H31N3O2S. The summed E-state index contributed by atoms with van der Waals surface area (Å²) in [4.78, 5) is 34.9. The molecular weight excluding hydrogens is 418 g/mol. The molecule has 0 spiro atoms. The van der Waals surface area contributed by atoms with Crippen LogP contribution in [0.2, 0.25) is 0 Å². The van der Waals surface area contributed by atoms with Crippen LogP contribution in [0.5, 0.6) is 0 Å². The molecule has 1 aliphatic rings. The summed E-state index contributed by atoms with van der Waals surface area (Å²) in [6.45, 7) is 3.10. The summed E-state index contributed by atoms with van der Waals surface area (Å²) < 4.78 is 1.13. The number of thiophene rings is 1. The van der Waals surface area contributed by atoms with Gasteiger partial charge in [0.25, 0.3) is 5.91 Å². The Morgan fingerprint density at radius 3 is 2.72 bits per heavy atom. The molecule has 6 heteroatoms. The predicted octanol–water partition coefficient (Wildman–Crippen LogP) is 4.94. The number of rotatable bonds is 6. The fourth-order valence-corrected chi connectivity index (χ4v) is 5.84. The van der Waals surface area contributed by atoms with Gasteiger partial charge in [0.15, 0.2) is 0 Å². The zero-order valence-electron chi connectivity index (χ0n) is 18.9. The van der Waals surface area contributed by atoms with Crippen LogP contribution in [0.4, 0.5) is 0 Å². The molecule has 3 heterocycles. The van der Waals surface area contributed by atoms with Crippen LogP contribution in [0.25, 0.3) is 10.1 Å². The third-order valence-corrected chi connectivity index (χ3v) is 7.59. The molecule has 1 aromatic carbocycles. The van der Waals surface area contributed by atoms with E-state index in [1.807, 2.05) is 42.3 Å². The summed E-state index contributed by atoms with van der Waals surface area (Å²) in [5, 5.41) is 1.15. The molecule has 1 saturated heterocycles. The van der Waals surface area contributed by atoms with E-state index in [2.05, 4.69) is 17.1 Å². The molecule has 1 aliphatic heterocycles. The number of benzene rings is 1. The normalized spacial score (nSPS) is 16.7. The Kier molecular flexibility index (Phi) is 7.20. The van der Waals surface area contributed by atoms with Crippen molar-refractivity contribution in [3.63, 3.8) is 0 Å². The van der Waals surface area contributed by atoms with Gasteiger partial charge < -0.3 is 9.80 Å². The van der Waals surface area contributed by atoms with Gasteiger partial charge in [0.2, 0.25) is 5.91 Å². The van der Waals surface area contributed by atoms with Crippen molar-refractivity contribution in [2.75, 3.05) is 20.1 Å². The van der Waals surface area contributed by atoms with Gasteiger partial charge in [-0.2, -0.15) is 0 Å². The molecule has 1 fully saturated rings. The van der Waals surface area contributed by atoms with Crippen LogP contribution in [0.1, 0.15) is 53.5 Å². The second-order valence-corrected chi connectivity index (χ2v) is 9.68. The third kappa shape index (κ3) is 5.01. The lowest BCUT2D eigenvalue weighted by Crippen LogP contribution is -2.40. The van der Waals surface area contributed by atoms with E-state index >= 15 is 0 Å². The maximum atomic E-state index is 13.5. The van der Waals surface area contributed by atoms with Crippen molar-refractivity contribution in [3.8, 4) is 0 Å². The minimum absolute atomic E-state index is 0.0557. The first-order valence-corrected chi connectivity index (χ1v) is 12.3. The molecule has 5 nitrogen and oxygen atoms in total. The van der Waals surface area contributed by atoms with Crippen LogP contribution >= 0.6 is 11.3 Å². The van der Waals surface area contributed by atoms with Gasteiger partial charge in [-0.05, 0) is 48.4 Å². The van der Waals surface area contributed by atoms with Crippen LogP contribution in [0.15, 0.2) is 48.7 Å². The number of pyridine rings is 1. The van der Waals surface area contributed by atoms with Crippen molar-refractivity contribution >= 4 is 33.2 Å².